The average Bonchev–Trinajstić information content (AvgIpc) is 2.08. The summed E-state index contributed by atoms with van der Waals surface area (Å²) in [5, 5.41) is 14.8. The van der Waals surface area contributed by atoms with Gasteiger partial charge in [-0.1, -0.05) is 0 Å². The molecule has 1 atom stereocenters. The number of hydrogen-bond acceptors (Lipinski definition) is 3. The molecule has 9 heteroatoms. The van der Waals surface area contributed by atoms with Gasteiger partial charge in [-0.05, 0) is 6.42 Å². The van der Waals surface area contributed by atoms with Crippen molar-refractivity contribution in [1.82, 2.24) is 0 Å². The van der Waals surface area contributed by atoms with E-state index in [1.807, 2.05) is 0 Å². The maximum atomic E-state index is 12.1. The average molecular weight is 251 g/mol. The SMILES string of the molecule is N=C(C(=O)C(F)(F)F)C(CCO)C(F)(F)F. The molecule has 0 amide bonds. The van der Waals surface area contributed by atoms with E-state index in [9.17, 15) is 31.1 Å². The van der Waals surface area contributed by atoms with Crippen molar-refractivity contribution in [3.05, 3.63) is 0 Å². The van der Waals surface area contributed by atoms with Gasteiger partial charge in [0.2, 0.25) is 0 Å². The lowest BCUT2D eigenvalue weighted by atomic mass is 9.96. The summed E-state index contributed by atoms with van der Waals surface area (Å²) in [6.07, 6.45) is -11.8. The van der Waals surface area contributed by atoms with E-state index in [1.165, 1.54) is 0 Å². The van der Waals surface area contributed by atoms with Gasteiger partial charge in [0, 0.05) is 6.61 Å². The Hall–Kier alpha value is -1.12. The Labute approximate surface area is 85.6 Å². The van der Waals surface area contributed by atoms with Crippen LogP contribution < -0.4 is 0 Å². The maximum Gasteiger partial charge on any atom is 0.456 e. The third-order valence-corrected chi connectivity index (χ3v) is 1.66. The number of hydrogen-bond donors (Lipinski definition) is 2. The van der Waals surface area contributed by atoms with Crippen LogP contribution in [0.15, 0.2) is 0 Å². The van der Waals surface area contributed by atoms with Gasteiger partial charge in [-0.25, -0.2) is 0 Å². The van der Waals surface area contributed by atoms with Gasteiger partial charge in [0.15, 0.2) is 0 Å². The molecule has 0 fully saturated rings. The molecule has 0 spiro atoms. The Balaban J connectivity index is 4.98. The Morgan fingerprint density at radius 1 is 1.19 bits per heavy atom. The van der Waals surface area contributed by atoms with E-state index in [2.05, 4.69) is 0 Å². The van der Waals surface area contributed by atoms with Crippen molar-refractivity contribution in [2.45, 2.75) is 18.8 Å². The number of nitrogens with one attached hydrogen (secondary N) is 1. The predicted octanol–water partition coefficient (Wildman–Crippen LogP) is 1.70. The highest BCUT2D eigenvalue weighted by molar-refractivity contribution is 6.41. The molecule has 0 bridgehead atoms. The highest BCUT2D eigenvalue weighted by Gasteiger charge is 2.50. The second-order valence-corrected chi connectivity index (χ2v) is 2.85. The molecule has 0 saturated heterocycles. The first-order chi connectivity index (χ1) is 7.01. The molecule has 1 unspecified atom stereocenters. The summed E-state index contributed by atoms with van der Waals surface area (Å²) in [4.78, 5) is 10.4. The van der Waals surface area contributed by atoms with Crippen LogP contribution in [0.1, 0.15) is 6.42 Å². The molecular weight excluding hydrogens is 244 g/mol. The van der Waals surface area contributed by atoms with Gasteiger partial charge in [0.05, 0.1) is 5.71 Å². The number of halogens is 6. The molecule has 94 valence electrons. The molecule has 0 aliphatic carbocycles. The minimum absolute atomic E-state index is 1.07. The molecular formula is C7H7F6NO2. The summed E-state index contributed by atoms with van der Waals surface area (Å²) in [5.74, 6) is -5.74. The van der Waals surface area contributed by atoms with Gasteiger partial charge >= 0.3 is 12.4 Å². The Morgan fingerprint density at radius 3 is 1.88 bits per heavy atom. The molecule has 0 aromatic heterocycles. The fourth-order valence-corrected chi connectivity index (χ4v) is 0.912. The number of ketones is 1. The third kappa shape index (κ3) is 3.80. The molecule has 0 radical (unpaired) electrons. The lowest BCUT2D eigenvalue weighted by molar-refractivity contribution is -0.171. The van der Waals surface area contributed by atoms with Gasteiger partial charge in [0.1, 0.15) is 5.92 Å². The number of carbonyl (C=O) groups excluding carboxylic acids is 1. The number of alkyl halides is 6. The van der Waals surface area contributed by atoms with E-state index in [0.29, 0.717) is 0 Å². The van der Waals surface area contributed by atoms with E-state index in [-0.39, 0.29) is 0 Å². The van der Waals surface area contributed by atoms with Gasteiger partial charge in [0.25, 0.3) is 5.78 Å². The fourth-order valence-electron chi connectivity index (χ4n) is 0.912. The molecule has 0 aliphatic heterocycles. The molecule has 0 rings (SSSR count). The van der Waals surface area contributed by atoms with Crippen molar-refractivity contribution in [3.8, 4) is 0 Å². The van der Waals surface area contributed by atoms with Crippen LogP contribution in [-0.4, -0.2) is 35.6 Å². The van der Waals surface area contributed by atoms with Crippen LogP contribution in [0, 0.1) is 11.3 Å². The lowest BCUT2D eigenvalue weighted by Gasteiger charge is -2.19. The third-order valence-electron chi connectivity index (χ3n) is 1.66. The predicted molar refractivity (Wildman–Crippen MR) is 40.0 cm³/mol. The highest BCUT2D eigenvalue weighted by Crippen LogP contribution is 2.32. The minimum Gasteiger partial charge on any atom is -0.396 e. The van der Waals surface area contributed by atoms with Crippen molar-refractivity contribution in [3.63, 3.8) is 0 Å². The fraction of sp³-hybridized carbons (Fsp3) is 0.714. The Morgan fingerprint density at radius 2 is 1.62 bits per heavy atom. The van der Waals surface area contributed by atoms with Crippen LogP contribution in [0.25, 0.3) is 0 Å². The monoisotopic (exact) mass is 251 g/mol. The zero-order chi connectivity index (χ0) is 13.1. The van der Waals surface area contributed by atoms with Gasteiger partial charge in [-0.3, -0.25) is 4.79 Å². The zero-order valence-corrected chi connectivity index (χ0v) is 7.61. The molecule has 0 aromatic carbocycles. The van der Waals surface area contributed by atoms with Crippen molar-refractivity contribution in [2.24, 2.45) is 5.92 Å². The molecule has 3 nitrogen and oxygen atoms in total. The molecule has 0 saturated carbocycles. The molecule has 0 aromatic rings. The Bertz CT molecular complexity index is 282. The standard InChI is InChI=1S/C7H7F6NO2/c8-6(9,10)3(1-2-15)4(14)5(16)7(11,12)13/h3,14-15H,1-2H2. The van der Waals surface area contributed by atoms with E-state index in [1.54, 1.807) is 0 Å². The summed E-state index contributed by atoms with van der Waals surface area (Å²) >= 11 is 0. The number of aliphatic hydroxyl groups excluding tert-OH is 1. The van der Waals surface area contributed by atoms with Gasteiger partial charge < -0.3 is 10.5 Å². The molecule has 0 aliphatic rings. The van der Waals surface area contributed by atoms with E-state index >= 15 is 0 Å². The van der Waals surface area contributed by atoms with Crippen LogP contribution >= 0.6 is 0 Å². The maximum absolute atomic E-state index is 12.1. The second kappa shape index (κ2) is 4.81. The quantitative estimate of drug-likeness (QED) is 0.590. The highest BCUT2D eigenvalue weighted by atomic mass is 19.4. The van der Waals surface area contributed by atoms with Crippen molar-refractivity contribution in [2.75, 3.05) is 6.61 Å². The second-order valence-electron chi connectivity index (χ2n) is 2.85. The summed E-state index contributed by atoms with van der Waals surface area (Å²) in [6, 6.07) is 0. The molecule has 2 N–H and O–H groups in total. The zero-order valence-electron chi connectivity index (χ0n) is 7.61. The number of Topliss-reactive ketones (excluding diaryl/α,β-unsaturated/α-hetero) is 1. The van der Waals surface area contributed by atoms with Gasteiger partial charge in [-0.2, -0.15) is 26.3 Å². The summed E-state index contributed by atoms with van der Waals surface area (Å²) in [5.41, 5.74) is -2.10. The molecule has 16 heavy (non-hydrogen) atoms. The number of aliphatic hydroxyl groups is 1. The van der Waals surface area contributed by atoms with Crippen molar-refractivity contribution < 1.29 is 36.2 Å². The van der Waals surface area contributed by atoms with Crippen molar-refractivity contribution >= 4 is 11.5 Å². The van der Waals surface area contributed by atoms with Crippen LogP contribution in [0.3, 0.4) is 0 Å². The normalized spacial score (nSPS) is 14.7. The first-order valence-corrected chi connectivity index (χ1v) is 3.89. The first kappa shape index (κ1) is 14.9. The molecule has 0 heterocycles. The van der Waals surface area contributed by atoms with Gasteiger partial charge in [-0.15, -0.1) is 0 Å². The summed E-state index contributed by atoms with van der Waals surface area (Å²) in [7, 11) is 0. The minimum atomic E-state index is -5.52. The van der Waals surface area contributed by atoms with Crippen LogP contribution in [0.2, 0.25) is 0 Å². The first-order valence-electron chi connectivity index (χ1n) is 3.89. The summed E-state index contributed by atoms with van der Waals surface area (Å²) in [6.45, 7) is -1.07. The van der Waals surface area contributed by atoms with Crippen molar-refractivity contribution in [1.29, 1.82) is 5.41 Å². The van der Waals surface area contributed by atoms with Crippen LogP contribution in [0.4, 0.5) is 26.3 Å². The van der Waals surface area contributed by atoms with Crippen LogP contribution in [-0.2, 0) is 4.79 Å². The van der Waals surface area contributed by atoms with E-state index in [0.717, 1.165) is 0 Å². The number of carbonyl (C=O) groups is 1. The lowest BCUT2D eigenvalue weighted by Crippen LogP contribution is -2.41. The summed E-state index contributed by atoms with van der Waals surface area (Å²) < 4.78 is 71.7. The topological polar surface area (TPSA) is 61.2 Å². The van der Waals surface area contributed by atoms with E-state index in [4.69, 9.17) is 10.5 Å². The van der Waals surface area contributed by atoms with E-state index < -0.39 is 42.8 Å². The number of rotatable bonds is 4. The Kier molecular flexibility index (Phi) is 4.47. The largest absolute Gasteiger partial charge is 0.456 e. The van der Waals surface area contributed by atoms with Crippen LogP contribution in [0.5, 0.6) is 0 Å². The smallest absolute Gasteiger partial charge is 0.396 e.